The zero-order valence-electron chi connectivity index (χ0n) is 12.0. The van der Waals surface area contributed by atoms with Crippen LogP contribution in [0.3, 0.4) is 0 Å². The van der Waals surface area contributed by atoms with Crippen LogP contribution in [0.15, 0.2) is 29.2 Å². The maximum atomic E-state index is 12.7. The standard InChI is InChI=1S/C12H15F3O5S2/c1-11(2,8-20-21(3,16)17)22(18,19)10-6-4-5-9(7-10)12(13,14)15/h4-7H,8H2,1-3H3. The van der Waals surface area contributed by atoms with Crippen LogP contribution in [0.25, 0.3) is 0 Å². The van der Waals surface area contributed by atoms with Gasteiger partial charge in [0.1, 0.15) is 0 Å². The smallest absolute Gasteiger partial charge is 0.269 e. The molecule has 22 heavy (non-hydrogen) atoms. The van der Waals surface area contributed by atoms with Crippen LogP contribution in [-0.4, -0.2) is 34.4 Å². The average molecular weight is 360 g/mol. The third-order valence-corrected chi connectivity index (χ3v) is 5.81. The van der Waals surface area contributed by atoms with Gasteiger partial charge >= 0.3 is 6.18 Å². The Kier molecular flexibility index (Phi) is 5.00. The summed E-state index contributed by atoms with van der Waals surface area (Å²) in [6.07, 6.45) is -3.93. The average Bonchev–Trinajstić information content (AvgIpc) is 2.35. The van der Waals surface area contributed by atoms with Crippen molar-refractivity contribution in [3.63, 3.8) is 0 Å². The molecule has 0 heterocycles. The molecule has 0 aromatic heterocycles. The van der Waals surface area contributed by atoms with Crippen molar-refractivity contribution < 1.29 is 34.2 Å². The van der Waals surface area contributed by atoms with E-state index in [1.54, 1.807) is 0 Å². The Morgan fingerprint density at radius 3 is 2.09 bits per heavy atom. The molecule has 0 aliphatic carbocycles. The van der Waals surface area contributed by atoms with Gasteiger partial charge in [-0.25, -0.2) is 8.42 Å². The summed E-state index contributed by atoms with van der Waals surface area (Å²) in [5.74, 6) is 0. The Balaban J connectivity index is 3.24. The number of alkyl halides is 3. The molecule has 0 amide bonds. The highest BCUT2D eigenvalue weighted by molar-refractivity contribution is 7.93. The minimum Gasteiger partial charge on any atom is -0.269 e. The number of halogens is 3. The van der Waals surface area contributed by atoms with Crippen molar-refractivity contribution in [1.82, 2.24) is 0 Å². The van der Waals surface area contributed by atoms with Crippen LogP contribution < -0.4 is 0 Å². The summed E-state index contributed by atoms with van der Waals surface area (Å²) in [5.41, 5.74) is -1.10. The van der Waals surface area contributed by atoms with Crippen LogP contribution in [0, 0.1) is 0 Å². The fourth-order valence-corrected chi connectivity index (χ4v) is 3.46. The van der Waals surface area contributed by atoms with E-state index in [-0.39, 0.29) is 0 Å². The molecule has 0 N–H and O–H groups in total. The third-order valence-electron chi connectivity index (χ3n) is 2.82. The van der Waals surface area contributed by atoms with Crippen LogP contribution in [0.2, 0.25) is 0 Å². The van der Waals surface area contributed by atoms with E-state index in [2.05, 4.69) is 4.18 Å². The van der Waals surface area contributed by atoms with Crippen molar-refractivity contribution in [2.24, 2.45) is 0 Å². The second-order valence-corrected chi connectivity index (χ2v) is 9.48. The van der Waals surface area contributed by atoms with Crippen molar-refractivity contribution in [3.8, 4) is 0 Å². The van der Waals surface area contributed by atoms with Crippen LogP contribution >= 0.6 is 0 Å². The summed E-state index contributed by atoms with van der Waals surface area (Å²) in [6, 6.07) is 3.26. The van der Waals surface area contributed by atoms with Crippen molar-refractivity contribution in [3.05, 3.63) is 29.8 Å². The molecular formula is C12H15F3O5S2. The lowest BCUT2D eigenvalue weighted by Gasteiger charge is -2.24. The molecule has 0 aliphatic heterocycles. The summed E-state index contributed by atoms with van der Waals surface area (Å²) >= 11 is 0. The molecule has 0 radical (unpaired) electrons. The number of sulfone groups is 1. The summed E-state index contributed by atoms with van der Waals surface area (Å²) in [7, 11) is -8.11. The first-order valence-corrected chi connectivity index (χ1v) is 9.23. The summed E-state index contributed by atoms with van der Waals surface area (Å²) in [6.45, 7) is 1.64. The number of benzene rings is 1. The van der Waals surface area contributed by atoms with Gasteiger partial charge in [0.2, 0.25) is 0 Å². The fraction of sp³-hybridized carbons (Fsp3) is 0.500. The maximum absolute atomic E-state index is 12.7. The highest BCUT2D eigenvalue weighted by Crippen LogP contribution is 2.33. The molecule has 0 saturated carbocycles. The summed E-state index contributed by atoms with van der Waals surface area (Å²) in [4.78, 5) is -0.551. The van der Waals surface area contributed by atoms with E-state index < -0.39 is 47.9 Å². The van der Waals surface area contributed by atoms with Crippen LogP contribution in [-0.2, 0) is 30.3 Å². The van der Waals surface area contributed by atoms with Crippen LogP contribution in [0.4, 0.5) is 13.2 Å². The lowest BCUT2D eigenvalue weighted by Crippen LogP contribution is -2.37. The van der Waals surface area contributed by atoms with Gasteiger partial charge in [-0.05, 0) is 32.0 Å². The molecule has 126 valence electrons. The monoisotopic (exact) mass is 360 g/mol. The van der Waals surface area contributed by atoms with Gasteiger partial charge < -0.3 is 0 Å². The minimum absolute atomic E-state index is 0.511. The van der Waals surface area contributed by atoms with E-state index in [1.807, 2.05) is 0 Å². The number of hydrogen-bond acceptors (Lipinski definition) is 5. The molecule has 1 aromatic carbocycles. The maximum Gasteiger partial charge on any atom is 0.416 e. The number of rotatable bonds is 5. The van der Waals surface area contributed by atoms with E-state index in [0.29, 0.717) is 6.07 Å². The minimum atomic E-state index is -4.68. The van der Waals surface area contributed by atoms with Gasteiger partial charge in [-0.3, -0.25) is 4.18 Å². The fourth-order valence-electron chi connectivity index (χ4n) is 1.49. The van der Waals surface area contributed by atoms with E-state index in [0.717, 1.165) is 24.5 Å². The van der Waals surface area contributed by atoms with Gasteiger partial charge in [0.25, 0.3) is 10.1 Å². The van der Waals surface area contributed by atoms with Crippen molar-refractivity contribution >= 4 is 20.0 Å². The molecule has 0 bridgehead atoms. The predicted molar refractivity (Wildman–Crippen MR) is 73.5 cm³/mol. The normalized spacial score (nSPS) is 14.1. The van der Waals surface area contributed by atoms with Gasteiger partial charge in [0, 0.05) is 0 Å². The lowest BCUT2D eigenvalue weighted by atomic mass is 10.2. The Morgan fingerprint density at radius 1 is 1.09 bits per heavy atom. The molecular weight excluding hydrogens is 345 g/mol. The first-order valence-electron chi connectivity index (χ1n) is 5.93. The topological polar surface area (TPSA) is 77.5 Å². The Hall–Kier alpha value is -1.13. The van der Waals surface area contributed by atoms with Gasteiger partial charge in [-0.15, -0.1) is 0 Å². The quantitative estimate of drug-likeness (QED) is 0.753. The Bertz CT molecular complexity index is 749. The van der Waals surface area contributed by atoms with Crippen LogP contribution in [0.1, 0.15) is 19.4 Å². The molecule has 0 aliphatic rings. The van der Waals surface area contributed by atoms with Crippen molar-refractivity contribution in [1.29, 1.82) is 0 Å². The van der Waals surface area contributed by atoms with Crippen molar-refractivity contribution in [2.75, 3.05) is 12.9 Å². The second-order valence-electron chi connectivity index (χ2n) is 5.26. The Labute approximate surface area is 127 Å². The molecule has 1 aromatic rings. The molecule has 0 fully saturated rings. The van der Waals surface area contributed by atoms with E-state index in [4.69, 9.17) is 0 Å². The molecule has 1 rings (SSSR count). The third kappa shape index (κ3) is 4.43. The van der Waals surface area contributed by atoms with Gasteiger partial charge in [-0.1, -0.05) is 6.07 Å². The molecule has 10 heteroatoms. The molecule has 5 nitrogen and oxygen atoms in total. The summed E-state index contributed by atoms with van der Waals surface area (Å²) < 4.78 is 87.5. The zero-order valence-corrected chi connectivity index (χ0v) is 13.6. The van der Waals surface area contributed by atoms with E-state index >= 15 is 0 Å². The Morgan fingerprint density at radius 2 is 1.64 bits per heavy atom. The molecule has 0 saturated heterocycles. The van der Waals surface area contributed by atoms with Gasteiger partial charge in [-0.2, -0.15) is 21.6 Å². The van der Waals surface area contributed by atoms with Gasteiger partial charge in [0.15, 0.2) is 9.84 Å². The van der Waals surface area contributed by atoms with Gasteiger partial charge in [0.05, 0.1) is 28.1 Å². The van der Waals surface area contributed by atoms with E-state index in [9.17, 15) is 30.0 Å². The number of hydrogen-bond donors (Lipinski definition) is 0. The zero-order chi connectivity index (χ0) is 17.4. The lowest BCUT2D eigenvalue weighted by molar-refractivity contribution is -0.137. The SMILES string of the molecule is CC(C)(COS(C)(=O)=O)S(=O)(=O)c1cccc(C(F)(F)F)c1. The molecule has 0 spiro atoms. The molecule has 0 atom stereocenters. The predicted octanol–water partition coefficient (Wildman–Crippen LogP) is 2.23. The summed E-state index contributed by atoms with van der Waals surface area (Å²) in [5, 5.41) is 0. The van der Waals surface area contributed by atoms with E-state index in [1.165, 1.54) is 13.8 Å². The first-order chi connectivity index (χ1) is 9.67. The highest BCUT2D eigenvalue weighted by atomic mass is 32.2. The second kappa shape index (κ2) is 5.82. The van der Waals surface area contributed by atoms with Crippen LogP contribution in [0.5, 0.6) is 0 Å². The molecule has 0 unspecified atom stereocenters. The largest absolute Gasteiger partial charge is 0.416 e. The van der Waals surface area contributed by atoms with Crippen molar-refractivity contribution in [2.45, 2.75) is 29.7 Å². The highest BCUT2D eigenvalue weighted by Gasteiger charge is 2.39. The first kappa shape index (κ1) is 18.9.